The van der Waals surface area contributed by atoms with Crippen LogP contribution in [0.2, 0.25) is 0 Å². The fourth-order valence-corrected chi connectivity index (χ4v) is 0.921. The van der Waals surface area contributed by atoms with Crippen LogP contribution in [-0.2, 0) is 4.74 Å². The largest absolute Gasteiger partial charge is 0.379 e. The third-order valence-electron chi connectivity index (χ3n) is 1.56. The van der Waals surface area contributed by atoms with Crippen LogP contribution in [0.1, 0.15) is 34.1 Å². The van der Waals surface area contributed by atoms with Gasteiger partial charge in [0.1, 0.15) is 0 Å². The van der Waals surface area contributed by atoms with E-state index in [0.29, 0.717) is 12.0 Å². The van der Waals surface area contributed by atoms with Crippen LogP contribution in [0.15, 0.2) is 0 Å². The van der Waals surface area contributed by atoms with Crippen LogP contribution in [0, 0.1) is 17.8 Å². The van der Waals surface area contributed by atoms with Crippen molar-refractivity contribution >= 4 is 0 Å². The maximum Gasteiger partial charge on any atom is 0.0591 e. The van der Waals surface area contributed by atoms with Gasteiger partial charge < -0.3 is 10.1 Å². The van der Waals surface area contributed by atoms with E-state index in [1.54, 1.807) is 0 Å². The third-order valence-corrected chi connectivity index (χ3v) is 1.56. The highest BCUT2D eigenvalue weighted by Crippen LogP contribution is 1.87. The number of hydrogen-bond acceptors (Lipinski definition) is 2. The van der Waals surface area contributed by atoms with E-state index >= 15 is 0 Å². The SMILES string of the molecule is CC(C)C#CCCOCCNC(C)C. The maximum absolute atomic E-state index is 5.40. The normalized spacial score (nSPS) is 10.4. The molecule has 0 bridgehead atoms. The van der Waals surface area contributed by atoms with E-state index in [1.807, 2.05) is 0 Å². The molecule has 0 radical (unpaired) electrons. The highest BCUT2D eigenvalue weighted by molar-refractivity contribution is 5.00. The van der Waals surface area contributed by atoms with Gasteiger partial charge in [-0.15, -0.1) is 11.8 Å². The van der Waals surface area contributed by atoms with Gasteiger partial charge in [-0.2, -0.15) is 0 Å². The molecule has 0 aliphatic carbocycles. The molecule has 0 aromatic heterocycles. The summed E-state index contributed by atoms with van der Waals surface area (Å²) in [6.45, 7) is 10.9. The van der Waals surface area contributed by atoms with E-state index < -0.39 is 0 Å². The van der Waals surface area contributed by atoms with Crippen LogP contribution < -0.4 is 5.32 Å². The zero-order valence-electron chi connectivity index (χ0n) is 9.89. The van der Waals surface area contributed by atoms with Crippen molar-refractivity contribution in [1.29, 1.82) is 0 Å². The molecule has 0 aromatic carbocycles. The van der Waals surface area contributed by atoms with Crippen molar-refractivity contribution in [3.05, 3.63) is 0 Å². The third kappa shape index (κ3) is 11.5. The van der Waals surface area contributed by atoms with Gasteiger partial charge in [-0.25, -0.2) is 0 Å². The van der Waals surface area contributed by atoms with Crippen molar-refractivity contribution in [3.63, 3.8) is 0 Å². The first-order valence-electron chi connectivity index (χ1n) is 5.42. The van der Waals surface area contributed by atoms with Crippen molar-refractivity contribution in [3.8, 4) is 11.8 Å². The predicted molar refractivity (Wildman–Crippen MR) is 61.2 cm³/mol. The van der Waals surface area contributed by atoms with Crippen molar-refractivity contribution in [2.75, 3.05) is 19.8 Å². The summed E-state index contributed by atoms with van der Waals surface area (Å²) in [6, 6.07) is 0.541. The molecular formula is C12H23NO. The zero-order valence-corrected chi connectivity index (χ0v) is 9.89. The molecule has 14 heavy (non-hydrogen) atoms. The molecular weight excluding hydrogens is 174 g/mol. The lowest BCUT2D eigenvalue weighted by molar-refractivity contribution is 0.140. The second-order valence-electron chi connectivity index (χ2n) is 3.95. The van der Waals surface area contributed by atoms with Crippen molar-refractivity contribution in [2.45, 2.75) is 40.2 Å². The van der Waals surface area contributed by atoms with E-state index in [-0.39, 0.29) is 0 Å². The standard InChI is InChI=1S/C12H23NO/c1-11(2)7-5-6-9-14-10-8-13-12(3)4/h11-13H,6,8-10H2,1-4H3. The maximum atomic E-state index is 5.40. The summed E-state index contributed by atoms with van der Waals surface area (Å²) < 4.78 is 5.40. The Kier molecular flexibility index (Phi) is 8.72. The first-order chi connectivity index (χ1) is 6.63. The second-order valence-corrected chi connectivity index (χ2v) is 3.95. The van der Waals surface area contributed by atoms with Gasteiger partial charge in [-0.1, -0.05) is 27.7 Å². The van der Waals surface area contributed by atoms with Gasteiger partial charge in [-0.3, -0.25) is 0 Å². The summed E-state index contributed by atoms with van der Waals surface area (Å²) in [5.74, 6) is 6.67. The lowest BCUT2D eigenvalue weighted by Gasteiger charge is -2.07. The Labute approximate surface area is 88.4 Å². The minimum Gasteiger partial charge on any atom is -0.379 e. The number of hydrogen-bond donors (Lipinski definition) is 1. The summed E-state index contributed by atoms with van der Waals surface area (Å²) >= 11 is 0. The number of rotatable bonds is 6. The van der Waals surface area contributed by atoms with Crippen LogP contribution in [0.3, 0.4) is 0 Å². The molecule has 2 nitrogen and oxygen atoms in total. The van der Waals surface area contributed by atoms with Crippen molar-refractivity contribution in [1.82, 2.24) is 5.32 Å². The monoisotopic (exact) mass is 197 g/mol. The fourth-order valence-electron chi connectivity index (χ4n) is 0.921. The van der Waals surface area contributed by atoms with Crippen molar-refractivity contribution < 1.29 is 4.74 Å². The van der Waals surface area contributed by atoms with Crippen LogP contribution in [0.4, 0.5) is 0 Å². The first kappa shape index (κ1) is 13.5. The van der Waals surface area contributed by atoms with E-state index in [1.165, 1.54) is 0 Å². The van der Waals surface area contributed by atoms with Gasteiger partial charge in [0, 0.05) is 24.9 Å². The van der Waals surface area contributed by atoms with E-state index in [9.17, 15) is 0 Å². The minimum atomic E-state index is 0.470. The molecule has 0 heterocycles. The Morgan fingerprint density at radius 2 is 1.86 bits per heavy atom. The summed E-state index contributed by atoms with van der Waals surface area (Å²) in [7, 11) is 0. The molecule has 82 valence electrons. The molecule has 2 heteroatoms. The average molecular weight is 197 g/mol. The fraction of sp³-hybridized carbons (Fsp3) is 0.833. The molecule has 0 amide bonds. The van der Waals surface area contributed by atoms with E-state index in [0.717, 1.165) is 26.2 Å². The van der Waals surface area contributed by atoms with Crippen LogP contribution in [-0.4, -0.2) is 25.8 Å². The predicted octanol–water partition coefficient (Wildman–Crippen LogP) is 2.05. The molecule has 0 unspecified atom stereocenters. The summed E-state index contributed by atoms with van der Waals surface area (Å²) in [5.41, 5.74) is 0. The smallest absolute Gasteiger partial charge is 0.0591 e. The topological polar surface area (TPSA) is 21.3 Å². The first-order valence-corrected chi connectivity index (χ1v) is 5.42. The quantitative estimate of drug-likeness (QED) is 0.520. The minimum absolute atomic E-state index is 0.470. The zero-order chi connectivity index (χ0) is 10.8. The molecule has 0 fully saturated rings. The Morgan fingerprint density at radius 3 is 2.43 bits per heavy atom. The number of nitrogens with one attached hydrogen (secondary N) is 1. The molecule has 0 atom stereocenters. The van der Waals surface area contributed by atoms with Gasteiger partial charge in [0.2, 0.25) is 0 Å². The van der Waals surface area contributed by atoms with Gasteiger partial charge in [0.05, 0.1) is 13.2 Å². The highest BCUT2D eigenvalue weighted by Gasteiger charge is 1.91. The molecule has 0 aromatic rings. The molecule has 0 aliphatic heterocycles. The van der Waals surface area contributed by atoms with Gasteiger partial charge in [-0.05, 0) is 0 Å². The lowest BCUT2D eigenvalue weighted by Crippen LogP contribution is -2.26. The highest BCUT2D eigenvalue weighted by atomic mass is 16.5. The molecule has 1 N–H and O–H groups in total. The Bertz CT molecular complexity index is 176. The van der Waals surface area contributed by atoms with Crippen LogP contribution >= 0.6 is 0 Å². The molecule has 0 saturated heterocycles. The van der Waals surface area contributed by atoms with Gasteiger partial charge in [0.15, 0.2) is 0 Å². The molecule has 0 rings (SSSR count). The summed E-state index contributed by atoms with van der Waals surface area (Å²) in [5, 5.41) is 3.29. The van der Waals surface area contributed by atoms with Gasteiger partial charge in [0.25, 0.3) is 0 Å². The molecule has 0 saturated carbocycles. The van der Waals surface area contributed by atoms with Gasteiger partial charge >= 0.3 is 0 Å². The summed E-state index contributed by atoms with van der Waals surface area (Å²) in [6.07, 6.45) is 0.847. The number of ether oxygens (including phenoxy) is 1. The van der Waals surface area contributed by atoms with Crippen LogP contribution in [0.5, 0.6) is 0 Å². The second kappa shape index (κ2) is 9.05. The molecule has 0 spiro atoms. The molecule has 0 aliphatic rings. The van der Waals surface area contributed by atoms with E-state index in [4.69, 9.17) is 4.74 Å². The lowest BCUT2D eigenvalue weighted by atomic mass is 10.2. The summed E-state index contributed by atoms with van der Waals surface area (Å²) in [4.78, 5) is 0. The Morgan fingerprint density at radius 1 is 1.14 bits per heavy atom. The Hall–Kier alpha value is -0.520. The Balaban J connectivity index is 3.11. The van der Waals surface area contributed by atoms with Crippen molar-refractivity contribution in [2.24, 2.45) is 5.92 Å². The van der Waals surface area contributed by atoms with E-state index in [2.05, 4.69) is 44.9 Å². The van der Waals surface area contributed by atoms with Crippen LogP contribution in [0.25, 0.3) is 0 Å². The average Bonchev–Trinajstić information content (AvgIpc) is 2.08.